The molecule has 3 heterocycles. The molecule has 0 saturated heterocycles. The lowest BCUT2D eigenvalue weighted by Gasteiger charge is -2.32. The lowest BCUT2D eigenvalue weighted by molar-refractivity contribution is -0.126. The predicted octanol–water partition coefficient (Wildman–Crippen LogP) is 3.86. The summed E-state index contributed by atoms with van der Waals surface area (Å²) in [6.07, 6.45) is -0.215. The monoisotopic (exact) mass is 422 g/mol. The predicted molar refractivity (Wildman–Crippen MR) is 111 cm³/mol. The number of rotatable bonds is 2. The first-order chi connectivity index (χ1) is 14.3. The van der Waals surface area contributed by atoms with Gasteiger partial charge in [0.05, 0.1) is 17.0 Å². The molecular formula is C22H15FN2O4S. The van der Waals surface area contributed by atoms with Gasteiger partial charge in [0.2, 0.25) is 11.8 Å². The highest BCUT2D eigenvalue weighted by Gasteiger charge is 2.57. The number of nitrogens with zero attached hydrogens (tertiary/aromatic N) is 1. The van der Waals surface area contributed by atoms with E-state index in [9.17, 15) is 23.9 Å². The highest BCUT2D eigenvalue weighted by Crippen LogP contribution is 2.57. The zero-order valence-electron chi connectivity index (χ0n) is 15.7. The molecule has 2 aromatic carbocycles. The van der Waals surface area contributed by atoms with Crippen LogP contribution in [0.3, 0.4) is 0 Å². The van der Waals surface area contributed by atoms with E-state index in [4.69, 9.17) is 0 Å². The third-order valence-electron chi connectivity index (χ3n) is 5.69. The van der Waals surface area contributed by atoms with Crippen molar-refractivity contribution in [1.82, 2.24) is 0 Å². The summed E-state index contributed by atoms with van der Waals surface area (Å²) in [5.74, 6) is -2.48. The number of nitrogens with one attached hydrogen (secondary N) is 1. The van der Waals surface area contributed by atoms with E-state index < -0.39 is 23.1 Å². The Balaban J connectivity index is 1.88. The van der Waals surface area contributed by atoms with Crippen LogP contribution in [0.4, 0.5) is 15.8 Å². The molecule has 0 bridgehead atoms. The molecule has 150 valence electrons. The Morgan fingerprint density at radius 3 is 2.63 bits per heavy atom. The Kier molecular flexibility index (Phi) is 3.85. The molecule has 0 radical (unpaired) electrons. The molecule has 5 rings (SSSR count). The van der Waals surface area contributed by atoms with Gasteiger partial charge in [0.15, 0.2) is 0 Å². The van der Waals surface area contributed by atoms with Crippen molar-refractivity contribution < 1.29 is 23.9 Å². The molecule has 0 aliphatic carbocycles. The Labute approximate surface area is 174 Å². The van der Waals surface area contributed by atoms with Crippen molar-refractivity contribution in [3.05, 3.63) is 69.7 Å². The smallest absolute Gasteiger partial charge is 0.346 e. The third-order valence-corrected chi connectivity index (χ3v) is 7.03. The summed E-state index contributed by atoms with van der Waals surface area (Å²) >= 11 is 0.954. The van der Waals surface area contributed by atoms with E-state index in [-0.39, 0.29) is 17.2 Å². The fraction of sp³-hybridized carbons (Fsp3) is 0.136. The molecule has 6 nitrogen and oxygen atoms in total. The number of benzene rings is 2. The van der Waals surface area contributed by atoms with E-state index in [1.165, 1.54) is 23.1 Å². The first-order valence-corrected chi connectivity index (χ1v) is 10.00. The number of halogens is 1. The van der Waals surface area contributed by atoms with Crippen LogP contribution in [0.5, 0.6) is 0 Å². The van der Waals surface area contributed by atoms with Gasteiger partial charge in [0.1, 0.15) is 16.1 Å². The molecule has 1 spiro atoms. The topological polar surface area (TPSA) is 86.7 Å². The van der Waals surface area contributed by atoms with Crippen LogP contribution < -0.4 is 10.2 Å². The van der Waals surface area contributed by atoms with Gasteiger partial charge in [0.25, 0.3) is 0 Å². The van der Waals surface area contributed by atoms with Crippen molar-refractivity contribution in [1.29, 1.82) is 0 Å². The maximum absolute atomic E-state index is 14.2. The number of likely N-dealkylation sites (N-methyl/N-ethyl adjacent to an activating group) is 1. The maximum Gasteiger partial charge on any atom is 0.346 e. The van der Waals surface area contributed by atoms with Gasteiger partial charge in [-0.1, -0.05) is 30.3 Å². The number of fused-ring (bicyclic) bond motifs is 4. The van der Waals surface area contributed by atoms with Crippen LogP contribution in [0.25, 0.3) is 11.1 Å². The summed E-state index contributed by atoms with van der Waals surface area (Å²) < 4.78 is 14.2. The number of aromatic carboxylic acids is 1. The van der Waals surface area contributed by atoms with E-state index in [0.717, 1.165) is 11.3 Å². The number of carboxylic acid groups (broad SMARTS) is 1. The van der Waals surface area contributed by atoms with Gasteiger partial charge in [-0.25, -0.2) is 9.18 Å². The summed E-state index contributed by atoms with van der Waals surface area (Å²) in [6.45, 7) is 0. The number of thiophene rings is 1. The molecule has 8 heteroatoms. The number of carbonyl (C=O) groups excluding carboxylic acids is 2. The number of anilines is 2. The maximum atomic E-state index is 14.2. The minimum Gasteiger partial charge on any atom is -0.477 e. The number of hydrogen-bond donors (Lipinski definition) is 2. The zero-order valence-corrected chi connectivity index (χ0v) is 16.5. The number of carbonyl (C=O) groups is 3. The van der Waals surface area contributed by atoms with E-state index in [0.29, 0.717) is 32.9 Å². The van der Waals surface area contributed by atoms with Crippen LogP contribution in [0, 0.1) is 5.82 Å². The van der Waals surface area contributed by atoms with Gasteiger partial charge >= 0.3 is 5.97 Å². The summed E-state index contributed by atoms with van der Waals surface area (Å²) in [6, 6.07) is 12.9. The first kappa shape index (κ1) is 18.5. The van der Waals surface area contributed by atoms with Crippen LogP contribution in [-0.4, -0.2) is 29.9 Å². The van der Waals surface area contributed by atoms with Crippen LogP contribution in [-0.2, 0) is 15.0 Å². The molecule has 0 fully saturated rings. The molecule has 3 aromatic rings. The lowest BCUT2D eigenvalue weighted by atomic mass is 9.74. The molecule has 2 aliphatic heterocycles. The molecule has 0 saturated carbocycles. The standard InChI is InChI=1S/C22H15FN2O4S/c1-25-14-8-7-12(23)9-13(14)22(21(25)29)10-15(26)24-17-16(11-5-3-2-4-6-11)18(20(27)28)30-19(17)22/h2-9H,10H2,1H3,(H,24,26)(H,27,28). The largest absolute Gasteiger partial charge is 0.477 e. The van der Waals surface area contributed by atoms with Crippen LogP contribution in [0.15, 0.2) is 48.5 Å². The second-order valence-electron chi connectivity index (χ2n) is 7.34. The number of amides is 2. The fourth-order valence-electron chi connectivity index (χ4n) is 4.43. The van der Waals surface area contributed by atoms with Gasteiger partial charge < -0.3 is 15.3 Å². The second kappa shape index (κ2) is 6.24. The van der Waals surface area contributed by atoms with E-state index in [2.05, 4.69) is 5.32 Å². The fourth-order valence-corrected chi connectivity index (χ4v) is 5.74. The highest BCUT2D eigenvalue weighted by atomic mass is 32.1. The molecule has 2 amide bonds. The summed E-state index contributed by atoms with van der Waals surface area (Å²) in [5.41, 5.74) is 0.709. The molecule has 1 aromatic heterocycles. The average Bonchev–Trinajstić information content (AvgIpc) is 3.20. The van der Waals surface area contributed by atoms with Crippen molar-refractivity contribution in [3.8, 4) is 11.1 Å². The van der Waals surface area contributed by atoms with Crippen molar-refractivity contribution in [3.63, 3.8) is 0 Å². The van der Waals surface area contributed by atoms with E-state index in [1.807, 2.05) is 0 Å². The van der Waals surface area contributed by atoms with Crippen LogP contribution >= 0.6 is 11.3 Å². The normalized spacial score (nSPS) is 19.6. The molecule has 1 unspecified atom stereocenters. The number of carboxylic acids is 1. The van der Waals surface area contributed by atoms with Crippen molar-refractivity contribution in [2.45, 2.75) is 11.8 Å². The highest BCUT2D eigenvalue weighted by molar-refractivity contribution is 7.15. The van der Waals surface area contributed by atoms with E-state index in [1.54, 1.807) is 37.4 Å². The van der Waals surface area contributed by atoms with Crippen LogP contribution in [0.2, 0.25) is 0 Å². The molecule has 2 N–H and O–H groups in total. The Morgan fingerprint density at radius 2 is 1.93 bits per heavy atom. The van der Waals surface area contributed by atoms with Gasteiger partial charge in [-0.3, -0.25) is 9.59 Å². The summed E-state index contributed by atoms with van der Waals surface area (Å²) in [4.78, 5) is 40.2. The van der Waals surface area contributed by atoms with Crippen molar-refractivity contribution in [2.75, 3.05) is 17.3 Å². The summed E-state index contributed by atoms with van der Waals surface area (Å²) in [5, 5.41) is 12.7. The Bertz CT molecular complexity index is 1250. The quantitative estimate of drug-likeness (QED) is 0.657. The van der Waals surface area contributed by atoms with E-state index >= 15 is 0 Å². The second-order valence-corrected chi connectivity index (χ2v) is 8.36. The van der Waals surface area contributed by atoms with Gasteiger partial charge in [-0.05, 0) is 23.8 Å². The minimum atomic E-state index is -1.45. The summed E-state index contributed by atoms with van der Waals surface area (Å²) in [7, 11) is 1.57. The zero-order chi connectivity index (χ0) is 21.2. The average molecular weight is 422 g/mol. The van der Waals surface area contributed by atoms with Gasteiger partial charge in [0, 0.05) is 23.9 Å². The Morgan fingerprint density at radius 1 is 1.20 bits per heavy atom. The SMILES string of the molecule is CN1C(=O)C2(CC(=O)Nc3c2sc(C(=O)O)c3-c2ccccc2)c2cc(F)ccc21. The third kappa shape index (κ3) is 2.31. The molecule has 1 atom stereocenters. The Hall–Kier alpha value is -3.52. The number of hydrogen-bond acceptors (Lipinski definition) is 4. The lowest BCUT2D eigenvalue weighted by Crippen LogP contribution is -2.45. The van der Waals surface area contributed by atoms with Crippen molar-refractivity contribution >= 4 is 40.5 Å². The van der Waals surface area contributed by atoms with Crippen LogP contribution in [0.1, 0.15) is 26.5 Å². The van der Waals surface area contributed by atoms with Crippen molar-refractivity contribution in [2.24, 2.45) is 0 Å². The van der Waals surface area contributed by atoms with Gasteiger partial charge in [-0.2, -0.15) is 0 Å². The minimum absolute atomic E-state index is 0.0214. The van der Waals surface area contributed by atoms with Gasteiger partial charge in [-0.15, -0.1) is 11.3 Å². The molecule has 30 heavy (non-hydrogen) atoms. The molecule has 2 aliphatic rings. The first-order valence-electron chi connectivity index (χ1n) is 9.18. The molecular weight excluding hydrogens is 407 g/mol.